The molecule has 1 amide bonds. The van der Waals surface area contributed by atoms with E-state index in [9.17, 15) is 13.2 Å². The van der Waals surface area contributed by atoms with Gasteiger partial charge in [-0.25, -0.2) is 13.4 Å². The predicted molar refractivity (Wildman–Crippen MR) is 122 cm³/mol. The van der Waals surface area contributed by atoms with Gasteiger partial charge in [0.1, 0.15) is 0 Å². The number of benzene rings is 2. The van der Waals surface area contributed by atoms with Gasteiger partial charge in [0, 0.05) is 18.6 Å². The second-order valence-electron chi connectivity index (χ2n) is 7.04. The molecule has 1 aromatic heterocycles. The van der Waals surface area contributed by atoms with Gasteiger partial charge in [0.2, 0.25) is 5.91 Å². The molecule has 3 rings (SSSR count). The first-order valence-electron chi connectivity index (χ1n) is 9.21. The van der Waals surface area contributed by atoms with E-state index in [1.54, 1.807) is 6.20 Å². The summed E-state index contributed by atoms with van der Waals surface area (Å²) >= 11 is 7.40. The standard InChI is InChI=1S/C21H22ClN3O3S2/c1-14(2)16-6-4-5-7-19(16)25-11-10-23-21(25)29-13-20(26)24-18-12-15(30(3,27)28)8-9-17(18)22/h4-12,14H,13H2,1-3H3,(H,24,26). The maximum atomic E-state index is 12.5. The molecule has 1 heterocycles. The summed E-state index contributed by atoms with van der Waals surface area (Å²) in [7, 11) is -3.40. The van der Waals surface area contributed by atoms with E-state index < -0.39 is 9.84 Å². The quantitative estimate of drug-likeness (QED) is 0.510. The zero-order valence-corrected chi connectivity index (χ0v) is 19.2. The van der Waals surface area contributed by atoms with Gasteiger partial charge in [0.15, 0.2) is 15.0 Å². The molecule has 0 saturated carbocycles. The van der Waals surface area contributed by atoms with Crippen LogP contribution in [0.5, 0.6) is 0 Å². The van der Waals surface area contributed by atoms with Gasteiger partial charge >= 0.3 is 0 Å². The van der Waals surface area contributed by atoms with Crippen LogP contribution in [-0.4, -0.2) is 35.9 Å². The van der Waals surface area contributed by atoms with Crippen molar-refractivity contribution in [3.63, 3.8) is 0 Å². The molecule has 30 heavy (non-hydrogen) atoms. The van der Waals surface area contributed by atoms with Crippen molar-refractivity contribution in [3.05, 3.63) is 65.4 Å². The molecular formula is C21H22ClN3O3S2. The molecule has 2 aromatic carbocycles. The maximum absolute atomic E-state index is 12.5. The zero-order chi connectivity index (χ0) is 21.9. The molecule has 0 aliphatic carbocycles. The van der Waals surface area contributed by atoms with Crippen molar-refractivity contribution in [2.24, 2.45) is 0 Å². The van der Waals surface area contributed by atoms with E-state index in [0.29, 0.717) is 11.1 Å². The van der Waals surface area contributed by atoms with Crippen LogP contribution < -0.4 is 5.32 Å². The second-order valence-corrected chi connectivity index (χ2v) is 10.4. The van der Waals surface area contributed by atoms with E-state index in [2.05, 4.69) is 30.2 Å². The smallest absolute Gasteiger partial charge is 0.234 e. The van der Waals surface area contributed by atoms with Crippen LogP contribution in [0.1, 0.15) is 25.3 Å². The van der Waals surface area contributed by atoms with Crippen LogP contribution in [0, 0.1) is 0 Å². The predicted octanol–water partition coefficient (Wildman–Crippen LogP) is 4.78. The fourth-order valence-corrected chi connectivity index (χ4v) is 4.50. The average Bonchev–Trinajstić information content (AvgIpc) is 3.15. The van der Waals surface area contributed by atoms with E-state index in [0.717, 1.165) is 11.9 Å². The van der Waals surface area contributed by atoms with Crippen molar-refractivity contribution in [3.8, 4) is 5.69 Å². The summed E-state index contributed by atoms with van der Waals surface area (Å²) in [5, 5.41) is 3.64. The summed E-state index contributed by atoms with van der Waals surface area (Å²) in [6, 6.07) is 12.3. The number of sulfone groups is 1. The summed E-state index contributed by atoms with van der Waals surface area (Å²) in [6.07, 6.45) is 4.67. The molecule has 0 aliphatic rings. The van der Waals surface area contributed by atoms with E-state index in [4.69, 9.17) is 11.6 Å². The lowest BCUT2D eigenvalue weighted by Crippen LogP contribution is -2.15. The minimum atomic E-state index is -3.40. The Balaban J connectivity index is 1.74. The molecular weight excluding hydrogens is 442 g/mol. The number of hydrogen-bond donors (Lipinski definition) is 1. The molecule has 0 fully saturated rings. The summed E-state index contributed by atoms with van der Waals surface area (Å²) in [4.78, 5) is 16.9. The minimum Gasteiger partial charge on any atom is -0.324 e. The molecule has 9 heteroatoms. The van der Waals surface area contributed by atoms with Crippen molar-refractivity contribution < 1.29 is 13.2 Å². The highest BCUT2D eigenvalue weighted by Gasteiger charge is 2.15. The van der Waals surface area contributed by atoms with Crippen molar-refractivity contribution in [2.75, 3.05) is 17.3 Å². The van der Waals surface area contributed by atoms with Crippen LogP contribution in [0.15, 0.2) is 64.9 Å². The van der Waals surface area contributed by atoms with Crippen LogP contribution in [-0.2, 0) is 14.6 Å². The van der Waals surface area contributed by atoms with E-state index in [-0.39, 0.29) is 27.3 Å². The molecule has 1 N–H and O–H groups in total. The van der Waals surface area contributed by atoms with Crippen LogP contribution in [0.25, 0.3) is 5.69 Å². The highest BCUT2D eigenvalue weighted by molar-refractivity contribution is 7.99. The highest BCUT2D eigenvalue weighted by atomic mass is 35.5. The number of halogens is 1. The lowest BCUT2D eigenvalue weighted by molar-refractivity contribution is -0.113. The van der Waals surface area contributed by atoms with Crippen molar-refractivity contribution in [1.29, 1.82) is 0 Å². The number of anilines is 1. The third-order valence-corrected chi connectivity index (χ3v) is 6.80. The summed E-state index contributed by atoms with van der Waals surface area (Å²) in [6.45, 7) is 4.26. The number of thioether (sulfide) groups is 1. The van der Waals surface area contributed by atoms with Crippen LogP contribution in [0.3, 0.4) is 0 Å². The zero-order valence-electron chi connectivity index (χ0n) is 16.8. The van der Waals surface area contributed by atoms with Gasteiger partial charge in [0.25, 0.3) is 0 Å². The van der Waals surface area contributed by atoms with Gasteiger partial charge in [-0.1, -0.05) is 55.4 Å². The summed E-state index contributed by atoms with van der Waals surface area (Å²) in [5.41, 5.74) is 2.47. The average molecular weight is 464 g/mol. The number of carbonyl (C=O) groups excluding carboxylic acids is 1. The lowest BCUT2D eigenvalue weighted by Gasteiger charge is -2.15. The van der Waals surface area contributed by atoms with Gasteiger partial charge in [-0.3, -0.25) is 9.36 Å². The Kier molecular flexibility index (Phi) is 6.90. The summed E-state index contributed by atoms with van der Waals surface area (Å²) < 4.78 is 25.4. The molecule has 0 aliphatic heterocycles. The molecule has 0 bridgehead atoms. The van der Waals surface area contributed by atoms with E-state index >= 15 is 0 Å². The van der Waals surface area contributed by atoms with Crippen LogP contribution in [0.4, 0.5) is 5.69 Å². The molecule has 0 atom stereocenters. The van der Waals surface area contributed by atoms with E-state index in [1.165, 1.54) is 35.5 Å². The van der Waals surface area contributed by atoms with Crippen LogP contribution in [0.2, 0.25) is 5.02 Å². The number of amides is 1. The van der Waals surface area contributed by atoms with Crippen molar-refractivity contribution in [2.45, 2.75) is 29.8 Å². The number of nitrogens with one attached hydrogen (secondary N) is 1. The number of aromatic nitrogens is 2. The summed E-state index contributed by atoms with van der Waals surface area (Å²) in [5.74, 6) is 0.133. The normalized spacial score (nSPS) is 11.6. The van der Waals surface area contributed by atoms with Crippen molar-refractivity contribution in [1.82, 2.24) is 9.55 Å². The first-order valence-corrected chi connectivity index (χ1v) is 12.5. The Hall–Kier alpha value is -2.29. The topological polar surface area (TPSA) is 81.1 Å². The molecule has 0 radical (unpaired) electrons. The first kappa shape index (κ1) is 22.4. The second kappa shape index (κ2) is 9.24. The largest absolute Gasteiger partial charge is 0.324 e. The number of para-hydroxylation sites is 1. The Labute approximate surface area is 185 Å². The number of carbonyl (C=O) groups is 1. The molecule has 3 aromatic rings. The molecule has 0 spiro atoms. The van der Waals surface area contributed by atoms with Crippen LogP contribution >= 0.6 is 23.4 Å². The number of rotatable bonds is 7. The molecule has 158 valence electrons. The van der Waals surface area contributed by atoms with E-state index in [1.807, 2.05) is 29.0 Å². The van der Waals surface area contributed by atoms with Crippen molar-refractivity contribution >= 4 is 44.8 Å². The monoisotopic (exact) mass is 463 g/mol. The Morgan fingerprint density at radius 2 is 1.97 bits per heavy atom. The fraction of sp³-hybridized carbons (Fsp3) is 0.238. The Bertz CT molecular complexity index is 1170. The third-order valence-electron chi connectivity index (χ3n) is 4.40. The van der Waals surface area contributed by atoms with Gasteiger partial charge in [-0.05, 0) is 35.7 Å². The number of hydrogen-bond acceptors (Lipinski definition) is 5. The van der Waals surface area contributed by atoms with Gasteiger partial charge in [-0.2, -0.15) is 0 Å². The number of nitrogens with zero attached hydrogens (tertiary/aromatic N) is 2. The van der Waals surface area contributed by atoms with Gasteiger partial charge in [0.05, 0.1) is 27.0 Å². The number of imidazole rings is 1. The Morgan fingerprint density at radius 3 is 2.67 bits per heavy atom. The molecule has 0 unspecified atom stereocenters. The molecule has 6 nitrogen and oxygen atoms in total. The third kappa shape index (κ3) is 5.24. The van der Waals surface area contributed by atoms with Gasteiger partial charge in [-0.15, -0.1) is 0 Å². The lowest BCUT2D eigenvalue weighted by atomic mass is 10.0. The maximum Gasteiger partial charge on any atom is 0.234 e. The Morgan fingerprint density at radius 1 is 1.23 bits per heavy atom. The minimum absolute atomic E-state index is 0.0932. The SMILES string of the molecule is CC(C)c1ccccc1-n1ccnc1SCC(=O)Nc1cc(S(C)(=O)=O)ccc1Cl. The first-order chi connectivity index (χ1) is 14.2. The highest BCUT2D eigenvalue weighted by Crippen LogP contribution is 2.28. The molecule has 0 saturated heterocycles. The fourth-order valence-electron chi connectivity index (χ4n) is 2.92. The van der Waals surface area contributed by atoms with Gasteiger partial charge < -0.3 is 5.32 Å².